The molecular formula is C97H109N9O11. The van der Waals surface area contributed by atoms with Gasteiger partial charge in [-0.1, -0.05) is 86.0 Å². The third kappa shape index (κ3) is 13.2. The fraction of sp³-hybridized carbons (Fsp3) is 0.505. The highest BCUT2D eigenvalue weighted by Crippen LogP contribution is 2.59. The molecule has 5 aromatic carbocycles. The Morgan fingerprint density at radius 1 is 0.419 bits per heavy atom. The van der Waals surface area contributed by atoms with E-state index in [9.17, 15) is 54.3 Å². The van der Waals surface area contributed by atoms with E-state index in [-0.39, 0.29) is 56.0 Å². The maximum atomic E-state index is 13.5. The van der Waals surface area contributed by atoms with E-state index in [1.165, 1.54) is 84.9 Å². The summed E-state index contributed by atoms with van der Waals surface area (Å²) in [5.41, 5.74) is 16.8. The number of amides is 3. The summed E-state index contributed by atoms with van der Waals surface area (Å²) < 4.78 is 0. The second-order valence-electron chi connectivity index (χ2n) is 38.4. The number of hydrogen-bond acceptors (Lipinski definition) is 14. The van der Waals surface area contributed by atoms with Crippen LogP contribution in [-0.2, 0) is 86.9 Å². The number of phenolic OH excluding ortho intramolecular Hbond substituents is 3. The Bertz CT molecular complexity index is 5300. The summed E-state index contributed by atoms with van der Waals surface area (Å²) in [7, 11) is 1.87. The zero-order chi connectivity index (χ0) is 79.7. The molecule has 3 saturated heterocycles. The molecule has 13 atom stereocenters. The van der Waals surface area contributed by atoms with Crippen molar-refractivity contribution in [3.8, 4) is 17.2 Å². The number of likely N-dealkylation sites (tertiary alicyclic amines) is 3. The van der Waals surface area contributed by atoms with Crippen molar-refractivity contribution in [3.05, 3.63) is 258 Å². The van der Waals surface area contributed by atoms with Crippen LogP contribution < -0.4 is 27.3 Å². The Kier molecular flexibility index (Phi) is 18.6. The fourth-order valence-corrected chi connectivity index (χ4v) is 25.3. The van der Waals surface area contributed by atoms with Gasteiger partial charge in [-0.2, -0.15) is 0 Å². The minimum Gasteiger partial charge on any atom is -0.508 e. The topological polar surface area (TPSA) is 288 Å². The molecule has 3 aromatic heterocycles. The van der Waals surface area contributed by atoms with Gasteiger partial charge in [-0.25, -0.2) is 0 Å². The van der Waals surface area contributed by atoms with Crippen LogP contribution in [-0.4, -0.2) is 160 Å². The molecule has 608 valence electrons. The second kappa shape index (κ2) is 28.9. The highest BCUT2D eigenvalue weighted by Gasteiger charge is 2.60. The molecule has 10 N–H and O–H groups in total. The zero-order valence-electron chi connectivity index (χ0n) is 67.0. The molecule has 6 bridgehead atoms. The third-order valence-electron chi connectivity index (χ3n) is 31.8. The van der Waals surface area contributed by atoms with E-state index >= 15 is 0 Å². The number of carbonyl (C=O) groups excluding carboxylic acids is 3. The molecule has 15 aliphatic rings. The summed E-state index contributed by atoms with van der Waals surface area (Å²) in [6.07, 6.45) is 23.8. The van der Waals surface area contributed by atoms with Crippen LogP contribution in [0.3, 0.4) is 0 Å². The molecule has 23 rings (SSSR count). The molecule has 0 spiro atoms. The predicted molar refractivity (Wildman–Crippen MR) is 444 cm³/mol. The maximum absolute atomic E-state index is 13.5. The van der Waals surface area contributed by atoms with Crippen molar-refractivity contribution in [2.45, 2.75) is 225 Å². The fourth-order valence-electron chi connectivity index (χ4n) is 25.3. The number of carbonyl (C=O) groups is 3. The van der Waals surface area contributed by atoms with E-state index < -0.39 is 36.1 Å². The van der Waals surface area contributed by atoms with Crippen LogP contribution in [0.15, 0.2) is 136 Å². The number of aromatic hydroxyl groups is 3. The molecule has 0 radical (unpaired) electrons. The Balaban J connectivity index is 0.000000109. The molecule has 6 heterocycles. The summed E-state index contributed by atoms with van der Waals surface area (Å²) in [4.78, 5) is 99.7. The van der Waals surface area contributed by atoms with E-state index in [2.05, 4.69) is 58.5 Å². The second-order valence-corrected chi connectivity index (χ2v) is 38.4. The third-order valence-corrected chi connectivity index (χ3v) is 31.8. The van der Waals surface area contributed by atoms with Crippen molar-refractivity contribution >= 4 is 17.7 Å². The first-order valence-electron chi connectivity index (χ1n) is 44.1. The van der Waals surface area contributed by atoms with Gasteiger partial charge in [0.2, 0.25) is 0 Å². The van der Waals surface area contributed by atoms with E-state index in [0.717, 1.165) is 196 Å². The molecule has 3 amide bonds. The minimum absolute atomic E-state index is 0.0720. The van der Waals surface area contributed by atoms with E-state index in [0.29, 0.717) is 84.4 Å². The van der Waals surface area contributed by atoms with Crippen molar-refractivity contribution < 1.29 is 39.9 Å². The summed E-state index contributed by atoms with van der Waals surface area (Å²) in [6, 6.07) is 39.2. The normalized spacial score (nSPS) is 29.8. The van der Waals surface area contributed by atoms with Crippen LogP contribution in [0.5, 0.6) is 17.2 Å². The number of pyridine rings is 3. The molecule has 4 saturated carbocycles. The quantitative estimate of drug-likeness (QED) is 0.0545. The van der Waals surface area contributed by atoms with Crippen LogP contribution in [0.25, 0.3) is 0 Å². The van der Waals surface area contributed by atoms with Crippen molar-refractivity contribution in [2.75, 3.05) is 46.3 Å². The van der Waals surface area contributed by atoms with Gasteiger partial charge in [0.1, 0.15) is 33.9 Å². The highest BCUT2D eigenvalue weighted by atomic mass is 16.3. The molecule has 7 fully saturated rings. The first-order chi connectivity index (χ1) is 56.7. The number of phenols is 3. The first kappa shape index (κ1) is 75.1. The Morgan fingerprint density at radius 2 is 0.769 bits per heavy atom. The monoisotopic (exact) mass is 1580 g/mol. The number of rotatable bonds is 12. The van der Waals surface area contributed by atoms with Crippen molar-refractivity contribution in [1.82, 2.24) is 45.2 Å². The molecule has 12 aliphatic carbocycles. The number of piperidine rings is 3. The lowest BCUT2D eigenvalue weighted by molar-refractivity contribution is 0.00455. The number of fused-ring (bicyclic) bond motifs is 8. The lowest BCUT2D eigenvalue weighted by Gasteiger charge is -2.59. The van der Waals surface area contributed by atoms with Gasteiger partial charge in [0.05, 0.1) is 24.3 Å². The lowest BCUT2D eigenvalue weighted by Crippen LogP contribution is -2.63. The predicted octanol–water partition coefficient (Wildman–Crippen LogP) is 10.5. The van der Waals surface area contributed by atoms with Gasteiger partial charge < -0.3 is 56.0 Å². The van der Waals surface area contributed by atoms with Crippen molar-refractivity contribution in [2.24, 2.45) is 35.5 Å². The number of aliphatic hydroxyl groups is 2. The van der Waals surface area contributed by atoms with Crippen LogP contribution in [0.1, 0.15) is 222 Å². The number of aliphatic hydroxyl groups excluding tert-OH is 2. The molecule has 20 nitrogen and oxygen atoms in total. The van der Waals surface area contributed by atoms with Crippen molar-refractivity contribution in [1.29, 1.82) is 0 Å². The number of nitrogens with one attached hydrogen (secondary N) is 5. The number of hydrogen-bond donors (Lipinski definition) is 10. The number of aromatic nitrogens is 3. The van der Waals surface area contributed by atoms with Gasteiger partial charge in [0.15, 0.2) is 0 Å². The molecular weight excluding hydrogens is 1470 g/mol. The van der Waals surface area contributed by atoms with Crippen LogP contribution in [0.4, 0.5) is 0 Å². The maximum Gasteiger partial charge on any atom is 0.261 e. The summed E-state index contributed by atoms with van der Waals surface area (Å²) in [5.74, 6) is 3.51. The molecule has 20 heteroatoms. The Labute approximate surface area is 681 Å². The van der Waals surface area contributed by atoms with Gasteiger partial charge in [-0.15, -0.1) is 0 Å². The van der Waals surface area contributed by atoms with Crippen LogP contribution in [0, 0.1) is 35.5 Å². The van der Waals surface area contributed by atoms with Crippen molar-refractivity contribution in [3.63, 3.8) is 0 Å². The Hall–Kier alpha value is -9.44. The minimum atomic E-state index is -0.714. The van der Waals surface area contributed by atoms with Crippen LogP contribution >= 0.6 is 0 Å². The molecule has 117 heavy (non-hydrogen) atoms. The van der Waals surface area contributed by atoms with E-state index in [1.54, 1.807) is 12.1 Å². The number of aromatic amines is 3. The summed E-state index contributed by atoms with van der Waals surface area (Å²) >= 11 is 0. The van der Waals surface area contributed by atoms with Gasteiger partial charge in [0, 0.05) is 97.0 Å². The van der Waals surface area contributed by atoms with Gasteiger partial charge >= 0.3 is 0 Å². The van der Waals surface area contributed by atoms with Crippen LogP contribution in [0.2, 0.25) is 0 Å². The average Bonchev–Trinajstić information content (AvgIpc) is 1.71. The molecule has 3 aliphatic heterocycles. The number of H-pyrrole nitrogens is 3. The number of nitrogens with zero attached hydrogens (tertiary/aromatic N) is 4. The lowest BCUT2D eigenvalue weighted by atomic mass is 9.52. The summed E-state index contributed by atoms with van der Waals surface area (Å²) in [5, 5.41) is 58.6. The number of benzene rings is 5. The average molecular weight is 1580 g/mol. The van der Waals surface area contributed by atoms with Gasteiger partial charge in [-0.05, 0) is 310 Å². The Morgan fingerprint density at radius 3 is 1.14 bits per heavy atom. The first-order valence-corrected chi connectivity index (χ1v) is 44.1. The highest BCUT2D eigenvalue weighted by molar-refractivity contribution is 5.96. The smallest absolute Gasteiger partial charge is 0.261 e. The molecule has 8 aromatic rings. The largest absolute Gasteiger partial charge is 0.508 e. The standard InChI is InChI=1S/2C33H35N3O4.C31H39N3O3/c2*37-22-8-7-20-13-28-26-12-21-11-24(32(40)35-30-23-4-2-1-3-19(23)14-29(30)38)31(39)34-27(21)16-33(26,25(20)15-22)9-10-36(28)17-18-5-6-18;1-33(22-5-3-2-4-6-22)30(37)24-13-21-14-26-28-15-20-9-10-23(35)16-25(20)31(26,17-27(21)32-29(24)36)11-12-34(28)18-19-7-8-19/h2*1-4,7-8,11,15,18,26,28-30,37-38H,5-6,9-10,12-14,16-17H2,(H,34,39)(H,35,40);9-10,13,16,19,22,26,28,35H,2-8,11-12,14-15,17-18H2,1H3,(H,32,36)/t26-,28+,29+,30-,33+;26-,28+,29-,30?,33+;26-,28+,31+/m000/s1. The van der Waals surface area contributed by atoms with Gasteiger partial charge in [-0.3, -0.25) is 43.5 Å². The van der Waals surface area contributed by atoms with E-state index in [4.69, 9.17) is 0 Å². The van der Waals surface area contributed by atoms with E-state index in [1.807, 2.05) is 103 Å². The summed E-state index contributed by atoms with van der Waals surface area (Å²) in [6.45, 7) is 6.66. The SMILES string of the molecule is CN(C(=O)c1cc2c([nH]c1=O)C[C@]13CCN(CC4CC4)[C@H](Cc4ccc(O)cc41)[C@@H]3C2)C1CCCCC1.O=C(NC1c2ccccc2C[C@@H]1O)c1cc2c([nH]c1=O)C[C@]13CCN(CC4CC4)[C@H](Cc4ccc(O)cc41)[C@@H]3C2.O=C(N[C@H]1c2ccccc2C[C@H]1O)c1cc2c([nH]c1=O)C[C@]13CCN(CC4CC4)[C@H](Cc4ccc(O)cc41)[C@@H]3C2. The molecule has 1 unspecified atom stereocenters. The van der Waals surface area contributed by atoms with Gasteiger partial charge in [0.25, 0.3) is 34.4 Å². The zero-order valence-corrected chi connectivity index (χ0v) is 67.0.